The number of nitrogens with one attached hydrogen (secondary N) is 2. The van der Waals surface area contributed by atoms with Crippen molar-refractivity contribution in [2.24, 2.45) is 0 Å². The van der Waals surface area contributed by atoms with E-state index in [9.17, 15) is 14.9 Å². The Balaban J connectivity index is 2.75. The van der Waals surface area contributed by atoms with Crippen LogP contribution in [0.2, 0.25) is 0 Å². The molecule has 74 valence electrons. The molecule has 0 spiro atoms. The molecular weight excluding hydrogens is 190 g/mol. The number of aliphatic carboxylic acids is 1. The van der Waals surface area contributed by atoms with Gasteiger partial charge < -0.3 is 15.4 Å². The van der Waals surface area contributed by atoms with E-state index in [2.05, 4.69) is 10.3 Å². The van der Waals surface area contributed by atoms with Crippen LogP contribution < -0.4 is 5.32 Å². The molecule has 0 aromatic carbocycles. The van der Waals surface area contributed by atoms with Crippen molar-refractivity contribution in [2.75, 3.05) is 5.32 Å². The molecule has 0 amide bonds. The Hall–Kier alpha value is -2.31. The number of carboxylic acid groups (broad SMARTS) is 1. The van der Waals surface area contributed by atoms with E-state index in [-0.39, 0.29) is 0 Å². The van der Waals surface area contributed by atoms with E-state index in [4.69, 9.17) is 5.11 Å². The summed E-state index contributed by atoms with van der Waals surface area (Å²) >= 11 is 0. The molecule has 1 aromatic heterocycles. The van der Waals surface area contributed by atoms with Crippen LogP contribution in [0.3, 0.4) is 0 Å². The summed E-state index contributed by atoms with van der Waals surface area (Å²) in [5, 5.41) is 21.1. The van der Waals surface area contributed by atoms with Crippen LogP contribution in [-0.4, -0.2) is 21.0 Å². The third-order valence-electron chi connectivity index (χ3n) is 1.38. The minimum Gasteiger partial charge on any atom is -0.473 e. The maximum absolute atomic E-state index is 10.3. The molecule has 14 heavy (non-hydrogen) atoms. The van der Waals surface area contributed by atoms with Gasteiger partial charge in [0.2, 0.25) is 0 Å². The number of aromatic nitrogens is 1. The van der Waals surface area contributed by atoms with Crippen molar-refractivity contribution in [3.8, 4) is 0 Å². The summed E-state index contributed by atoms with van der Waals surface area (Å²) in [7, 11) is 0. The average Bonchev–Trinajstić information content (AvgIpc) is 2.55. The predicted molar refractivity (Wildman–Crippen MR) is 47.1 cm³/mol. The van der Waals surface area contributed by atoms with Crippen molar-refractivity contribution >= 4 is 11.8 Å². The van der Waals surface area contributed by atoms with Crippen LogP contribution in [0.4, 0.5) is 5.82 Å². The van der Waals surface area contributed by atoms with Gasteiger partial charge in [0.25, 0.3) is 0 Å². The highest BCUT2D eigenvalue weighted by Gasteiger charge is 2.19. The van der Waals surface area contributed by atoms with Gasteiger partial charge in [-0.15, -0.1) is 0 Å². The highest BCUT2D eigenvalue weighted by molar-refractivity contribution is 5.84. The molecule has 1 aromatic rings. The molecular formula is C7H7N3O4. The van der Waals surface area contributed by atoms with Crippen LogP contribution in [-0.2, 0) is 4.79 Å². The molecule has 0 aliphatic rings. The number of nitrogens with zero attached hydrogens (tertiary/aromatic N) is 1. The normalized spacial score (nSPS) is 11.0. The smallest absolute Gasteiger partial charge is 0.409 e. The summed E-state index contributed by atoms with van der Waals surface area (Å²) in [5.41, 5.74) is -0.917. The van der Waals surface area contributed by atoms with Gasteiger partial charge in [0.1, 0.15) is 5.82 Å². The second kappa shape index (κ2) is 4.08. The molecule has 0 bridgehead atoms. The second-order valence-electron chi connectivity index (χ2n) is 2.32. The molecule has 0 aliphatic carbocycles. The Labute approximate surface area is 78.2 Å². The summed E-state index contributed by atoms with van der Waals surface area (Å²) in [6, 6.07) is 3.28. The monoisotopic (exact) mass is 197 g/mol. The second-order valence-corrected chi connectivity index (χ2v) is 2.32. The molecule has 0 atom stereocenters. The zero-order valence-corrected chi connectivity index (χ0v) is 6.93. The highest BCUT2D eigenvalue weighted by atomic mass is 16.6. The maximum atomic E-state index is 10.3. The quantitative estimate of drug-likeness (QED) is 0.372. The largest absolute Gasteiger partial charge is 0.473 e. The molecule has 1 rings (SSSR count). The average molecular weight is 197 g/mol. The van der Waals surface area contributed by atoms with Gasteiger partial charge in [0, 0.05) is 6.20 Å². The Morgan fingerprint density at radius 1 is 1.71 bits per heavy atom. The third kappa shape index (κ3) is 2.34. The predicted octanol–water partition coefficient (Wildman–Crippen LogP) is 0.629. The minimum absolute atomic E-state index is 0.477. The van der Waals surface area contributed by atoms with E-state index < -0.39 is 16.6 Å². The molecule has 7 nitrogen and oxygen atoms in total. The van der Waals surface area contributed by atoms with Gasteiger partial charge in [-0.25, -0.2) is 4.79 Å². The van der Waals surface area contributed by atoms with Crippen LogP contribution in [0.1, 0.15) is 0 Å². The van der Waals surface area contributed by atoms with Crippen molar-refractivity contribution in [1.82, 2.24) is 4.98 Å². The molecule has 1 heterocycles. The summed E-state index contributed by atoms with van der Waals surface area (Å²) in [6.07, 6.45) is 2.41. The molecule has 0 unspecified atom stereocenters. The van der Waals surface area contributed by atoms with Crippen LogP contribution in [0.15, 0.2) is 30.2 Å². The van der Waals surface area contributed by atoms with Gasteiger partial charge >= 0.3 is 11.7 Å². The standard InChI is InChI=1S/C7H7N3O4/c11-7(12)5(10(13)14)4-9-6-2-1-3-8-6/h1-4,8-9H,(H,11,12). The number of hydrogen-bond donors (Lipinski definition) is 3. The lowest BCUT2D eigenvalue weighted by molar-refractivity contribution is -0.421. The van der Waals surface area contributed by atoms with Gasteiger partial charge in [-0.2, -0.15) is 0 Å². The van der Waals surface area contributed by atoms with E-state index in [1.807, 2.05) is 0 Å². The first kappa shape index (κ1) is 9.78. The van der Waals surface area contributed by atoms with Gasteiger partial charge in [-0.05, 0) is 12.1 Å². The van der Waals surface area contributed by atoms with Gasteiger partial charge in [-0.3, -0.25) is 10.1 Å². The first-order valence-corrected chi connectivity index (χ1v) is 3.59. The van der Waals surface area contributed by atoms with Crippen LogP contribution >= 0.6 is 0 Å². The van der Waals surface area contributed by atoms with E-state index in [1.54, 1.807) is 18.3 Å². The number of carboxylic acids is 1. The van der Waals surface area contributed by atoms with Crippen molar-refractivity contribution < 1.29 is 14.8 Å². The van der Waals surface area contributed by atoms with Crippen LogP contribution in [0.25, 0.3) is 0 Å². The highest BCUT2D eigenvalue weighted by Crippen LogP contribution is 2.03. The van der Waals surface area contributed by atoms with E-state index in [0.29, 0.717) is 5.82 Å². The van der Waals surface area contributed by atoms with Crippen LogP contribution in [0.5, 0.6) is 0 Å². The number of H-pyrrole nitrogens is 1. The molecule has 0 saturated heterocycles. The van der Waals surface area contributed by atoms with Crippen molar-refractivity contribution in [3.63, 3.8) is 0 Å². The SMILES string of the molecule is O=C(O)C(=CNc1ccc[nH]1)[N+](=O)[O-]. The zero-order valence-electron chi connectivity index (χ0n) is 6.93. The number of rotatable bonds is 4. The topological polar surface area (TPSA) is 108 Å². The molecule has 7 heteroatoms. The zero-order chi connectivity index (χ0) is 10.6. The number of aromatic amines is 1. The van der Waals surface area contributed by atoms with Crippen molar-refractivity contribution in [1.29, 1.82) is 0 Å². The molecule has 3 N–H and O–H groups in total. The molecule has 0 fully saturated rings. The number of anilines is 1. The number of hydrogen-bond acceptors (Lipinski definition) is 4. The molecule has 0 saturated carbocycles. The Bertz CT molecular complexity index is 352. The van der Waals surface area contributed by atoms with Crippen LogP contribution in [0, 0.1) is 10.1 Å². The van der Waals surface area contributed by atoms with Gasteiger partial charge in [0.05, 0.1) is 11.1 Å². The van der Waals surface area contributed by atoms with E-state index in [1.165, 1.54) is 0 Å². The molecule has 0 aliphatic heterocycles. The fourth-order valence-electron chi connectivity index (χ4n) is 0.759. The van der Waals surface area contributed by atoms with Gasteiger partial charge in [0.15, 0.2) is 0 Å². The summed E-state index contributed by atoms with van der Waals surface area (Å²) < 4.78 is 0. The first-order chi connectivity index (χ1) is 6.61. The summed E-state index contributed by atoms with van der Waals surface area (Å²) in [6.45, 7) is 0. The third-order valence-corrected chi connectivity index (χ3v) is 1.38. The number of carbonyl (C=O) groups is 1. The fraction of sp³-hybridized carbons (Fsp3) is 0. The van der Waals surface area contributed by atoms with Gasteiger partial charge in [-0.1, -0.05) is 0 Å². The minimum atomic E-state index is -1.59. The maximum Gasteiger partial charge on any atom is 0.409 e. The number of nitro groups is 1. The molecule has 0 radical (unpaired) electrons. The summed E-state index contributed by atoms with van der Waals surface area (Å²) in [5.74, 6) is -1.11. The van der Waals surface area contributed by atoms with Crippen molar-refractivity contribution in [2.45, 2.75) is 0 Å². The lowest BCUT2D eigenvalue weighted by atomic mass is 10.5. The lowest BCUT2D eigenvalue weighted by Crippen LogP contribution is -2.11. The Kier molecular flexibility index (Phi) is 2.85. The van der Waals surface area contributed by atoms with E-state index in [0.717, 1.165) is 6.20 Å². The Morgan fingerprint density at radius 3 is 2.86 bits per heavy atom. The Morgan fingerprint density at radius 2 is 2.43 bits per heavy atom. The lowest BCUT2D eigenvalue weighted by Gasteiger charge is -1.95. The van der Waals surface area contributed by atoms with Crippen molar-refractivity contribution in [3.05, 3.63) is 40.3 Å². The fourth-order valence-corrected chi connectivity index (χ4v) is 0.759. The van der Waals surface area contributed by atoms with E-state index >= 15 is 0 Å². The first-order valence-electron chi connectivity index (χ1n) is 3.59. The summed E-state index contributed by atoms with van der Waals surface area (Å²) in [4.78, 5) is 22.3.